The summed E-state index contributed by atoms with van der Waals surface area (Å²) in [6, 6.07) is 2.41. The lowest BCUT2D eigenvalue weighted by Crippen LogP contribution is -2.45. The van der Waals surface area contributed by atoms with Crippen molar-refractivity contribution in [3.8, 4) is 0 Å². The summed E-state index contributed by atoms with van der Waals surface area (Å²) in [6.07, 6.45) is 8.27. The van der Waals surface area contributed by atoms with Crippen LogP contribution in [-0.4, -0.2) is 38.4 Å². The van der Waals surface area contributed by atoms with E-state index < -0.39 is 0 Å². The normalized spacial score (nSPS) is 24.9. The smallest absolute Gasteiger partial charge is 0.233 e. The van der Waals surface area contributed by atoms with Crippen molar-refractivity contribution in [1.82, 2.24) is 19.3 Å². The molecule has 19 heavy (non-hydrogen) atoms. The van der Waals surface area contributed by atoms with Crippen LogP contribution in [0.15, 0.2) is 24.7 Å². The Morgan fingerprint density at radius 1 is 1.47 bits per heavy atom. The van der Waals surface area contributed by atoms with E-state index in [4.69, 9.17) is 5.73 Å². The van der Waals surface area contributed by atoms with Crippen LogP contribution in [0.5, 0.6) is 0 Å². The Morgan fingerprint density at radius 3 is 3.16 bits per heavy atom. The molecule has 0 spiro atoms. The van der Waals surface area contributed by atoms with Crippen LogP contribution in [0.3, 0.4) is 0 Å². The predicted octanol–water partition coefficient (Wildman–Crippen LogP) is 1.29. The zero-order valence-electron chi connectivity index (χ0n) is 11.4. The van der Waals surface area contributed by atoms with Crippen LogP contribution in [0, 0.1) is 5.92 Å². The molecule has 0 aliphatic carbocycles. The maximum absolute atomic E-state index is 5.90. The van der Waals surface area contributed by atoms with Gasteiger partial charge in [-0.1, -0.05) is 6.92 Å². The molecule has 1 saturated heterocycles. The Bertz CT molecular complexity index is 517. The molecule has 0 amide bonds. The lowest BCUT2D eigenvalue weighted by atomic mass is 9.92. The average Bonchev–Trinajstić information content (AvgIpc) is 2.83. The molecule has 0 saturated carbocycles. The number of nitrogens with two attached hydrogens (primary N) is 1. The molecule has 2 aromatic rings. The van der Waals surface area contributed by atoms with Gasteiger partial charge < -0.3 is 5.73 Å². The van der Waals surface area contributed by atoms with Crippen molar-refractivity contribution in [3.05, 3.63) is 30.4 Å². The van der Waals surface area contributed by atoms with E-state index in [1.54, 1.807) is 6.20 Å². The molecule has 0 aromatic carbocycles. The highest BCUT2D eigenvalue weighted by atomic mass is 15.2. The summed E-state index contributed by atoms with van der Waals surface area (Å²) < 4.78 is 1.97. The first-order valence-electron chi connectivity index (χ1n) is 6.99. The van der Waals surface area contributed by atoms with Gasteiger partial charge in [-0.15, -0.1) is 0 Å². The van der Waals surface area contributed by atoms with Crippen molar-refractivity contribution in [1.29, 1.82) is 0 Å². The first kappa shape index (κ1) is 12.6. The minimum absolute atomic E-state index is 0.488. The van der Waals surface area contributed by atoms with Crippen molar-refractivity contribution in [2.75, 3.05) is 13.1 Å². The molecule has 2 atom stereocenters. The van der Waals surface area contributed by atoms with Gasteiger partial charge in [0.2, 0.25) is 5.78 Å². The van der Waals surface area contributed by atoms with Crippen LogP contribution in [0.4, 0.5) is 0 Å². The number of nitrogens with zero attached hydrogens (tertiary/aromatic N) is 4. The molecule has 2 unspecified atom stereocenters. The Morgan fingerprint density at radius 2 is 2.37 bits per heavy atom. The van der Waals surface area contributed by atoms with Crippen LogP contribution >= 0.6 is 0 Å². The molecule has 0 bridgehead atoms. The number of piperidine rings is 1. The van der Waals surface area contributed by atoms with Gasteiger partial charge in [0.1, 0.15) is 0 Å². The van der Waals surface area contributed by atoms with E-state index in [1.807, 2.05) is 16.7 Å². The number of likely N-dealkylation sites (tertiary alicyclic amines) is 1. The van der Waals surface area contributed by atoms with Crippen molar-refractivity contribution >= 4 is 5.78 Å². The SMILES string of the molecule is CC1CCN(Cc2cn3cccnc3n2)C(CN)C1. The molecule has 1 fully saturated rings. The summed E-state index contributed by atoms with van der Waals surface area (Å²) in [5, 5.41) is 0. The Labute approximate surface area is 113 Å². The third-order valence-electron chi connectivity index (χ3n) is 4.02. The second-order valence-electron chi connectivity index (χ2n) is 5.55. The van der Waals surface area contributed by atoms with Crippen molar-refractivity contribution in [2.45, 2.75) is 32.4 Å². The maximum Gasteiger partial charge on any atom is 0.233 e. The molecule has 2 N–H and O–H groups in total. The van der Waals surface area contributed by atoms with Crippen molar-refractivity contribution in [3.63, 3.8) is 0 Å². The van der Waals surface area contributed by atoms with Gasteiger partial charge in [-0.25, -0.2) is 9.97 Å². The third-order valence-corrected chi connectivity index (χ3v) is 4.02. The van der Waals surface area contributed by atoms with E-state index in [-0.39, 0.29) is 0 Å². The first-order valence-corrected chi connectivity index (χ1v) is 6.99. The largest absolute Gasteiger partial charge is 0.329 e. The standard InChI is InChI=1S/C14H21N5/c1-11-3-6-18(13(7-11)8-15)9-12-10-19-5-2-4-16-14(19)17-12/h2,4-5,10-11,13H,3,6-9,15H2,1H3. The van der Waals surface area contributed by atoms with Crippen LogP contribution in [-0.2, 0) is 6.54 Å². The van der Waals surface area contributed by atoms with Crippen LogP contribution in [0.25, 0.3) is 5.78 Å². The number of hydrogen-bond acceptors (Lipinski definition) is 4. The minimum atomic E-state index is 0.488. The van der Waals surface area contributed by atoms with Gasteiger partial charge in [-0.2, -0.15) is 0 Å². The second-order valence-corrected chi connectivity index (χ2v) is 5.55. The molecular formula is C14H21N5. The fraction of sp³-hybridized carbons (Fsp3) is 0.571. The molecule has 1 aliphatic rings. The van der Waals surface area contributed by atoms with Gasteiger partial charge in [-0.05, 0) is 31.4 Å². The van der Waals surface area contributed by atoms with Crippen molar-refractivity contribution < 1.29 is 0 Å². The number of imidazole rings is 1. The van der Waals surface area contributed by atoms with E-state index >= 15 is 0 Å². The zero-order valence-corrected chi connectivity index (χ0v) is 11.4. The summed E-state index contributed by atoms with van der Waals surface area (Å²) in [5.74, 6) is 1.56. The summed E-state index contributed by atoms with van der Waals surface area (Å²) in [7, 11) is 0. The first-order chi connectivity index (χ1) is 9.26. The molecule has 1 aliphatic heterocycles. The average molecular weight is 259 g/mol. The van der Waals surface area contributed by atoms with Gasteiger partial charge in [0.05, 0.1) is 5.69 Å². The highest BCUT2D eigenvalue weighted by Crippen LogP contribution is 2.23. The van der Waals surface area contributed by atoms with Gasteiger partial charge >= 0.3 is 0 Å². The summed E-state index contributed by atoms with van der Waals surface area (Å²) in [6.45, 7) is 5.03. The summed E-state index contributed by atoms with van der Waals surface area (Å²) >= 11 is 0. The van der Waals surface area contributed by atoms with E-state index in [0.29, 0.717) is 6.04 Å². The molecule has 0 radical (unpaired) electrons. The molecule has 5 heteroatoms. The van der Waals surface area contributed by atoms with Crippen LogP contribution in [0.2, 0.25) is 0 Å². The van der Waals surface area contributed by atoms with Crippen LogP contribution in [0.1, 0.15) is 25.5 Å². The molecule has 5 nitrogen and oxygen atoms in total. The van der Waals surface area contributed by atoms with E-state index in [1.165, 1.54) is 12.8 Å². The quantitative estimate of drug-likeness (QED) is 0.902. The number of hydrogen-bond donors (Lipinski definition) is 1. The monoisotopic (exact) mass is 259 g/mol. The lowest BCUT2D eigenvalue weighted by molar-refractivity contribution is 0.114. The number of fused-ring (bicyclic) bond motifs is 1. The number of aromatic nitrogens is 3. The fourth-order valence-electron chi connectivity index (χ4n) is 2.92. The Hall–Kier alpha value is -1.46. The molecule has 2 aromatic heterocycles. The van der Waals surface area contributed by atoms with E-state index in [0.717, 1.165) is 37.0 Å². The third kappa shape index (κ3) is 2.62. The van der Waals surface area contributed by atoms with Gasteiger partial charge in [0, 0.05) is 37.7 Å². The lowest BCUT2D eigenvalue weighted by Gasteiger charge is -2.37. The molecule has 3 heterocycles. The van der Waals surface area contributed by atoms with Crippen LogP contribution < -0.4 is 5.73 Å². The molecular weight excluding hydrogens is 238 g/mol. The number of rotatable bonds is 3. The maximum atomic E-state index is 5.90. The topological polar surface area (TPSA) is 59.5 Å². The van der Waals surface area contributed by atoms with Gasteiger partial charge in [0.25, 0.3) is 0 Å². The fourth-order valence-corrected chi connectivity index (χ4v) is 2.92. The van der Waals surface area contributed by atoms with Gasteiger partial charge in [-0.3, -0.25) is 9.30 Å². The summed E-state index contributed by atoms with van der Waals surface area (Å²) in [4.78, 5) is 11.3. The second kappa shape index (κ2) is 5.27. The zero-order chi connectivity index (χ0) is 13.2. The Balaban J connectivity index is 1.76. The molecule has 102 valence electrons. The van der Waals surface area contributed by atoms with Crippen molar-refractivity contribution in [2.24, 2.45) is 11.7 Å². The Kier molecular flexibility index (Phi) is 3.48. The van der Waals surface area contributed by atoms with E-state index in [9.17, 15) is 0 Å². The highest BCUT2D eigenvalue weighted by Gasteiger charge is 2.25. The summed E-state index contributed by atoms with van der Waals surface area (Å²) in [5.41, 5.74) is 6.98. The highest BCUT2D eigenvalue weighted by molar-refractivity contribution is 5.29. The minimum Gasteiger partial charge on any atom is -0.329 e. The molecule has 3 rings (SSSR count). The van der Waals surface area contributed by atoms with E-state index in [2.05, 4.69) is 28.0 Å². The van der Waals surface area contributed by atoms with Gasteiger partial charge in [0.15, 0.2) is 0 Å². The predicted molar refractivity (Wildman–Crippen MR) is 74.6 cm³/mol.